The Labute approximate surface area is 129 Å². The van der Waals surface area contributed by atoms with Gasteiger partial charge in [-0.05, 0) is 44.9 Å². The molecule has 0 aromatic heterocycles. The summed E-state index contributed by atoms with van der Waals surface area (Å²) in [6, 6.07) is 3.11. The molecule has 122 valence electrons. The molecule has 6 heteroatoms. The van der Waals surface area contributed by atoms with E-state index in [-0.39, 0.29) is 12.0 Å². The zero-order valence-electron chi connectivity index (χ0n) is 13.1. The number of nitrogens with two attached hydrogens (primary N) is 1. The molecule has 1 amide bonds. The molecule has 1 aromatic carbocycles. The van der Waals surface area contributed by atoms with Crippen LogP contribution in [0.2, 0.25) is 0 Å². The summed E-state index contributed by atoms with van der Waals surface area (Å²) in [5.41, 5.74) is 5.96. The highest BCUT2D eigenvalue weighted by atomic mass is 19.1. The van der Waals surface area contributed by atoms with E-state index in [1.165, 1.54) is 12.1 Å². The number of halogens is 2. The van der Waals surface area contributed by atoms with Crippen molar-refractivity contribution in [3.63, 3.8) is 0 Å². The number of ether oxygens (including phenoxy) is 1. The molecule has 1 aromatic rings. The van der Waals surface area contributed by atoms with Crippen LogP contribution in [0.1, 0.15) is 38.7 Å². The lowest BCUT2D eigenvalue weighted by molar-refractivity contribution is 0.0186. The van der Waals surface area contributed by atoms with E-state index in [0.29, 0.717) is 25.1 Å². The van der Waals surface area contributed by atoms with Crippen molar-refractivity contribution < 1.29 is 18.3 Å². The van der Waals surface area contributed by atoms with Gasteiger partial charge in [-0.3, -0.25) is 0 Å². The van der Waals surface area contributed by atoms with E-state index in [9.17, 15) is 13.6 Å². The lowest BCUT2D eigenvalue weighted by Gasteiger charge is -2.37. The Hall–Kier alpha value is -1.69. The van der Waals surface area contributed by atoms with Crippen molar-refractivity contribution in [2.75, 3.05) is 13.1 Å². The third kappa shape index (κ3) is 4.16. The minimum Gasteiger partial charge on any atom is -0.444 e. The molecule has 4 nitrogen and oxygen atoms in total. The average Bonchev–Trinajstić information content (AvgIpc) is 2.35. The number of rotatable bonds is 1. The standard InChI is InChI=1S/C16H22F2N2O2/c1-16(2,3)22-15(21)20-5-4-14(19)13(9-20)10-6-11(17)8-12(18)7-10/h6-8,13-14H,4-5,9,19H2,1-3H3. The third-order valence-corrected chi connectivity index (χ3v) is 3.63. The van der Waals surface area contributed by atoms with Gasteiger partial charge in [-0.25, -0.2) is 13.6 Å². The van der Waals surface area contributed by atoms with Gasteiger partial charge >= 0.3 is 6.09 Å². The maximum atomic E-state index is 13.4. The molecule has 0 saturated carbocycles. The van der Waals surface area contributed by atoms with Gasteiger partial charge in [-0.2, -0.15) is 0 Å². The fourth-order valence-corrected chi connectivity index (χ4v) is 2.60. The van der Waals surface area contributed by atoms with E-state index in [2.05, 4.69) is 0 Å². The number of nitrogens with zero attached hydrogens (tertiary/aromatic N) is 1. The minimum absolute atomic E-state index is 0.250. The van der Waals surface area contributed by atoms with Crippen molar-refractivity contribution in [2.45, 2.75) is 44.8 Å². The molecule has 1 heterocycles. The van der Waals surface area contributed by atoms with E-state index in [4.69, 9.17) is 10.5 Å². The zero-order valence-corrected chi connectivity index (χ0v) is 13.1. The first-order chi connectivity index (χ1) is 10.2. The Balaban J connectivity index is 2.16. The number of carbonyl (C=O) groups is 1. The molecule has 2 N–H and O–H groups in total. The van der Waals surface area contributed by atoms with Crippen LogP contribution in [0.3, 0.4) is 0 Å². The van der Waals surface area contributed by atoms with Gasteiger partial charge in [0, 0.05) is 31.1 Å². The van der Waals surface area contributed by atoms with Crippen LogP contribution in [0.5, 0.6) is 0 Å². The molecule has 0 aliphatic carbocycles. The van der Waals surface area contributed by atoms with Crippen molar-refractivity contribution in [2.24, 2.45) is 5.73 Å². The van der Waals surface area contributed by atoms with E-state index in [0.717, 1.165) is 6.07 Å². The van der Waals surface area contributed by atoms with E-state index >= 15 is 0 Å². The highest BCUT2D eigenvalue weighted by Crippen LogP contribution is 2.28. The molecule has 0 radical (unpaired) electrons. The summed E-state index contributed by atoms with van der Waals surface area (Å²) in [5, 5.41) is 0. The fourth-order valence-electron chi connectivity index (χ4n) is 2.60. The second-order valence-electron chi connectivity index (χ2n) is 6.69. The summed E-state index contributed by atoms with van der Waals surface area (Å²) in [5.74, 6) is -1.60. The van der Waals surface area contributed by atoms with E-state index < -0.39 is 23.3 Å². The third-order valence-electron chi connectivity index (χ3n) is 3.63. The molecule has 22 heavy (non-hydrogen) atoms. The summed E-state index contributed by atoms with van der Waals surface area (Å²) in [6.45, 7) is 6.14. The number of hydrogen-bond donors (Lipinski definition) is 1. The van der Waals surface area contributed by atoms with Crippen LogP contribution >= 0.6 is 0 Å². The summed E-state index contributed by atoms with van der Waals surface area (Å²) >= 11 is 0. The Morgan fingerprint density at radius 3 is 2.41 bits per heavy atom. The van der Waals surface area contributed by atoms with Gasteiger partial charge in [0.25, 0.3) is 0 Å². The van der Waals surface area contributed by atoms with Gasteiger partial charge in [-0.1, -0.05) is 0 Å². The number of benzene rings is 1. The Bertz CT molecular complexity index is 537. The monoisotopic (exact) mass is 312 g/mol. The van der Waals surface area contributed by atoms with Crippen LogP contribution in [0.15, 0.2) is 18.2 Å². The average molecular weight is 312 g/mol. The lowest BCUT2D eigenvalue weighted by Crippen LogP contribution is -2.49. The number of carbonyl (C=O) groups excluding carboxylic acids is 1. The van der Waals surface area contributed by atoms with Gasteiger partial charge in [-0.15, -0.1) is 0 Å². The van der Waals surface area contributed by atoms with E-state index in [1.54, 1.807) is 25.7 Å². The smallest absolute Gasteiger partial charge is 0.410 e. The minimum atomic E-state index is -0.642. The van der Waals surface area contributed by atoms with Crippen molar-refractivity contribution in [1.82, 2.24) is 4.90 Å². The van der Waals surface area contributed by atoms with Crippen LogP contribution < -0.4 is 5.73 Å². The molecule has 2 atom stereocenters. The highest BCUT2D eigenvalue weighted by molar-refractivity contribution is 5.68. The summed E-state index contributed by atoms with van der Waals surface area (Å²) < 4.78 is 32.1. The molecule has 1 aliphatic heterocycles. The van der Waals surface area contributed by atoms with E-state index in [1.807, 2.05) is 0 Å². The van der Waals surface area contributed by atoms with Gasteiger partial charge < -0.3 is 15.4 Å². The van der Waals surface area contributed by atoms with Gasteiger partial charge in [0.05, 0.1) is 0 Å². The number of likely N-dealkylation sites (tertiary alicyclic amines) is 1. The van der Waals surface area contributed by atoms with Crippen LogP contribution in [-0.4, -0.2) is 35.7 Å². The zero-order chi connectivity index (χ0) is 16.5. The van der Waals surface area contributed by atoms with Gasteiger partial charge in [0.2, 0.25) is 0 Å². The van der Waals surface area contributed by atoms with Gasteiger partial charge in [0.15, 0.2) is 0 Å². The maximum absolute atomic E-state index is 13.4. The first kappa shape index (κ1) is 16.7. The van der Waals surface area contributed by atoms with Crippen molar-refractivity contribution in [3.05, 3.63) is 35.4 Å². The molecule has 1 fully saturated rings. The molecular weight excluding hydrogens is 290 g/mol. The maximum Gasteiger partial charge on any atom is 0.410 e. The molecule has 0 bridgehead atoms. The Morgan fingerprint density at radius 1 is 1.27 bits per heavy atom. The molecule has 1 saturated heterocycles. The first-order valence-electron chi connectivity index (χ1n) is 7.35. The molecule has 0 spiro atoms. The largest absolute Gasteiger partial charge is 0.444 e. The van der Waals surface area contributed by atoms with Crippen molar-refractivity contribution in [1.29, 1.82) is 0 Å². The lowest BCUT2D eigenvalue weighted by atomic mass is 9.86. The summed E-state index contributed by atoms with van der Waals surface area (Å²) in [7, 11) is 0. The van der Waals surface area contributed by atoms with Crippen LogP contribution in [0, 0.1) is 11.6 Å². The van der Waals surface area contributed by atoms with Crippen molar-refractivity contribution in [3.8, 4) is 0 Å². The topological polar surface area (TPSA) is 55.6 Å². The number of amides is 1. The molecule has 1 aliphatic rings. The predicted octanol–water partition coefficient (Wildman–Crippen LogP) is 3.02. The normalized spacial score (nSPS) is 22.5. The molecule has 2 rings (SSSR count). The fraction of sp³-hybridized carbons (Fsp3) is 0.562. The van der Waals surface area contributed by atoms with Crippen molar-refractivity contribution >= 4 is 6.09 Å². The second kappa shape index (κ2) is 6.20. The summed E-state index contributed by atoms with van der Waals surface area (Å²) in [6.07, 6.45) is 0.128. The van der Waals surface area contributed by atoms with Gasteiger partial charge in [0.1, 0.15) is 17.2 Å². The van der Waals surface area contributed by atoms with Crippen LogP contribution in [0.25, 0.3) is 0 Å². The Morgan fingerprint density at radius 2 is 1.86 bits per heavy atom. The second-order valence-corrected chi connectivity index (χ2v) is 6.69. The summed E-state index contributed by atoms with van der Waals surface area (Å²) in [4.78, 5) is 13.7. The first-order valence-corrected chi connectivity index (χ1v) is 7.35. The van der Waals surface area contributed by atoms with Crippen LogP contribution in [0.4, 0.5) is 13.6 Å². The Kier molecular flexibility index (Phi) is 4.70. The highest BCUT2D eigenvalue weighted by Gasteiger charge is 2.33. The van der Waals surface area contributed by atoms with Crippen LogP contribution in [-0.2, 0) is 4.74 Å². The predicted molar refractivity (Wildman–Crippen MR) is 79.5 cm³/mol. The molecule has 2 unspecified atom stereocenters. The quantitative estimate of drug-likeness (QED) is 0.867. The number of piperidine rings is 1. The number of hydrogen-bond acceptors (Lipinski definition) is 3. The molecular formula is C16H22F2N2O2. The SMILES string of the molecule is CC(C)(C)OC(=O)N1CCC(N)C(c2cc(F)cc(F)c2)C1.